The molecule has 0 unspecified atom stereocenters. The van der Waals surface area contributed by atoms with Crippen LogP contribution in [0.1, 0.15) is 0 Å². The van der Waals surface area contributed by atoms with Crippen LogP contribution < -0.4 is 5.32 Å². The minimum atomic E-state index is -0.0723. The van der Waals surface area contributed by atoms with Gasteiger partial charge < -0.3 is 5.32 Å². The Morgan fingerprint density at radius 1 is 1.43 bits per heavy atom. The van der Waals surface area contributed by atoms with Crippen LogP contribution in [0.4, 0.5) is 5.69 Å². The van der Waals surface area contributed by atoms with Crippen LogP contribution in [0.5, 0.6) is 0 Å². The molecule has 2 nitrogen and oxygen atoms in total. The maximum absolute atomic E-state index is 11.1. The van der Waals surface area contributed by atoms with E-state index in [2.05, 4.69) is 17.9 Å². The molecule has 0 saturated carbocycles. The first kappa shape index (κ1) is 9.55. The summed E-state index contributed by atoms with van der Waals surface area (Å²) < 4.78 is 1.18. The monoisotopic (exact) mass is 223 g/mol. The minimum Gasteiger partial charge on any atom is -0.324 e. The summed E-state index contributed by atoms with van der Waals surface area (Å²) in [5, 5.41) is 5.85. The summed E-state index contributed by atoms with van der Waals surface area (Å²) in [4.78, 5) is 11.1. The summed E-state index contributed by atoms with van der Waals surface area (Å²) in [5.41, 5.74) is 0.879. The Balaban J connectivity index is 2.38. The number of rotatable bonds is 2. The molecule has 14 heavy (non-hydrogen) atoms. The molecule has 0 fully saturated rings. The fourth-order valence-electron chi connectivity index (χ4n) is 1.26. The molecule has 0 bridgehead atoms. The molecule has 0 atom stereocenters. The molecule has 1 N–H and O–H groups in total. The van der Waals surface area contributed by atoms with Crippen LogP contribution in [0, 0.1) is 0 Å². The number of hydrogen-bond donors (Lipinski definition) is 2. The highest BCUT2D eigenvalue weighted by Crippen LogP contribution is 2.29. The second kappa shape index (κ2) is 4.02. The number of carbonyl (C=O) groups excluding carboxylic acids is 1. The van der Waals surface area contributed by atoms with Crippen molar-refractivity contribution in [2.75, 3.05) is 11.1 Å². The van der Waals surface area contributed by atoms with Gasteiger partial charge in [0.2, 0.25) is 5.91 Å². The zero-order valence-corrected chi connectivity index (χ0v) is 9.07. The lowest BCUT2D eigenvalue weighted by Crippen LogP contribution is -2.11. The molecule has 0 spiro atoms. The average molecular weight is 223 g/mol. The first-order chi connectivity index (χ1) is 6.81. The van der Waals surface area contributed by atoms with Crippen molar-refractivity contribution in [2.45, 2.75) is 0 Å². The third-order valence-electron chi connectivity index (χ3n) is 1.90. The normalized spacial score (nSPS) is 10.4. The van der Waals surface area contributed by atoms with E-state index in [1.54, 1.807) is 11.3 Å². The molecule has 2 aromatic rings. The Morgan fingerprint density at radius 3 is 3.00 bits per heavy atom. The predicted octanol–water partition coefficient (Wildman–Crippen LogP) is 2.77. The number of fused-ring (bicyclic) bond motifs is 1. The molecule has 2 rings (SSSR count). The van der Waals surface area contributed by atoms with Crippen LogP contribution in [-0.4, -0.2) is 11.7 Å². The van der Waals surface area contributed by atoms with E-state index in [1.807, 2.05) is 29.6 Å². The summed E-state index contributed by atoms with van der Waals surface area (Å²) >= 11 is 5.54. The topological polar surface area (TPSA) is 29.1 Å². The van der Waals surface area contributed by atoms with E-state index in [-0.39, 0.29) is 11.7 Å². The third kappa shape index (κ3) is 1.76. The van der Waals surface area contributed by atoms with Crippen molar-refractivity contribution in [1.82, 2.24) is 0 Å². The Morgan fingerprint density at radius 2 is 2.21 bits per heavy atom. The number of nitrogens with one attached hydrogen (secondary N) is 1. The standard InChI is InChI=1S/C10H9NOS2/c12-10(5-13)11-8-6-14-9-4-2-1-3-7(8)9/h1-4,6,13H,5H2,(H,11,12). The Labute approximate surface area is 91.3 Å². The van der Waals surface area contributed by atoms with Gasteiger partial charge >= 0.3 is 0 Å². The molecule has 0 aliphatic heterocycles. The number of thiol groups is 1. The van der Waals surface area contributed by atoms with Gasteiger partial charge in [0, 0.05) is 15.5 Å². The van der Waals surface area contributed by atoms with Crippen molar-refractivity contribution in [1.29, 1.82) is 0 Å². The molecule has 0 aliphatic carbocycles. The highest BCUT2D eigenvalue weighted by atomic mass is 32.1. The maximum Gasteiger partial charge on any atom is 0.234 e. The summed E-state index contributed by atoms with van der Waals surface area (Å²) in [6, 6.07) is 7.99. The Bertz CT molecular complexity index is 464. The fraction of sp³-hybridized carbons (Fsp3) is 0.100. The largest absolute Gasteiger partial charge is 0.324 e. The molecule has 1 aromatic carbocycles. The summed E-state index contributed by atoms with van der Waals surface area (Å²) in [6.45, 7) is 0. The average Bonchev–Trinajstić information content (AvgIpc) is 2.62. The smallest absolute Gasteiger partial charge is 0.234 e. The number of thiophene rings is 1. The van der Waals surface area contributed by atoms with Gasteiger partial charge in [0.25, 0.3) is 0 Å². The van der Waals surface area contributed by atoms with E-state index in [9.17, 15) is 4.79 Å². The van der Waals surface area contributed by atoms with Crippen molar-refractivity contribution in [3.05, 3.63) is 29.6 Å². The maximum atomic E-state index is 11.1. The van der Waals surface area contributed by atoms with Crippen molar-refractivity contribution in [3.63, 3.8) is 0 Å². The number of carbonyl (C=O) groups is 1. The highest BCUT2D eigenvalue weighted by Gasteiger charge is 2.05. The van der Waals surface area contributed by atoms with Crippen molar-refractivity contribution in [3.8, 4) is 0 Å². The molecule has 1 heterocycles. The lowest BCUT2D eigenvalue weighted by atomic mass is 10.2. The van der Waals surface area contributed by atoms with Gasteiger partial charge in [0.1, 0.15) is 0 Å². The van der Waals surface area contributed by atoms with E-state index in [4.69, 9.17) is 0 Å². The highest BCUT2D eigenvalue weighted by molar-refractivity contribution is 7.81. The molecule has 0 saturated heterocycles. The van der Waals surface area contributed by atoms with Gasteiger partial charge in [-0.05, 0) is 6.07 Å². The minimum absolute atomic E-state index is 0.0723. The van der Waals surface area contributed by atoms with E-state index < -0.39 is 0 Å². The Hall–Kier alpha value is -1.00. The number of anilines is 1. The van der Waals surface area contributed by atoms with Gasteiger partial charge in [0.05, 0.1) is 11.4 Å². The van der Waals surface area contributed by atoms with Crippen molar-refractivity contribution >= 4 is 45.6 Å². The molecule has 1 amide bonds. The van der Waals surface area contributed by atoms with Gasteiger partial charge in [-0.25, -0.2) is 0 Å². The van der Waals surface area contributed by atoms with Crippen LogP contribution in [0.15, 0.2) is 29.6 Å². The molecule has 72 valence electrons. The van der Waals surface area contributed by atoms with E-state index >= 15 is 0 Å². The molecule has 0 radical (unpaired) electrons. The van der Waals surface area contributed by atoms with E-state index in [0.29, 0.717) is 0 Å². The predicted molar refractivity (Wildman–Crippen MR) is 64.3 cm³/mol. The van der Waals surface area contributed by atoms with Gasteiger partial charge in [-0.15, -0.1) is 11.3 Å². The molecular formula is C10H9NOS2. The number of benzene rings is 1. The van der Waals surface area contributed by atoms with E-state index in [0.717, 1.165) is 11.1 Å². The summed E-state index contributed by atoms with van der Waals surface area (Å²) in [7, 11) is 0. The second-order valence-corrected chi connectivity index (χ2v) is 4.08. The van der Waals surface area contributed by atoms with Crippen molar-refractivity contribution < 1.29 is 4.79 Å². The van der Waals surface area contributed by atoms with Crippen LogP contribution >= 0.6 is 24.0 Å². The van der Waals surface area contributed by atoms with Crippen LogP contribution in [0.25, 0.3) is 10.1 Å². The molecule has 4 heteroatoms. The summed E-state index contributed by atoms with van der Waals surface area (Å²) in [6.07, 6.45) is 0. The number of hydrogen-bond acceptors (Lipinski definition) is 3. The first-order valence-corrected chi connectivity index (χ1v) is 5.69. The summed E-state index contributed by atoms with van der Waals surface area (Å²) in [5.74, 6) is 0.140. The molecule has 1 aromatic heterocycles. The van der Waals surface area contributed by atoms with Gasteiger partial charge in [0.15, 0.2) is 0 Å². The fourth-order valence-corrected chi connectivity index (χ4v) is 2.24. The Kier molecular flexibility index (Phi) is 2.74. The van der Waals surface area contributed by atoms with Gasteiger partial charge in [-0.1, -0.05) is 18.2 Å². The lowest BCUT2D eigenvalue weighted by molar-refractivity contribution is -0.113. The molecular weight excluding hydrogens is 214 g/mol. The lowest BCUT2D eigenvalue weighted by Gasteiger charge is -2.00. The van der Waals surface area contributed by atoms with Crippen LogP contribution in [-0.2, 0) is 4.79 Å². The van der Waals surface area contributed by atoms with Gasteiger partial charge in [-0.2, -0.15) is 12.6 Å². The SMILES string of the molecule is O=C(CS)Nc1csc2ccccc12. The zero-order valence-electron chi connectivity index (χ0n) is 7.36. The molecule has 0 aliphatic rings. The van der Waals surface area contributed by atoms with Crippen molar-refractivity contribution in [2.24, 2.45) is 0 Å². The third-order valence-corrected chi connectivity index (χ3v) is 3.15. The number of amides is 1. The quantitative estimate of drug-likeness (QED) is 0.753. The first-order valence-electron chi connectivity index (χ1n) is 4.18. The van der Waals surface area contributed by atoms with Gasteiger partial charge in [-0.3, -0.25) is 4.79 Å². The van der Waals surface area contributed by atoms with E-state index in [1.165, 1.54) is 4.70 Å². The van der Waals surface area contributed by atoms with Crippen LogP contribution in [0.2, 0.25) is 0 Å². The zero-order chi connectivity index (χ0) is 9.97. The van der Waals surface area contributed by atoms with Crippen LogP contribution in [0.3, 0.4) is 0 Å². The second-order valence-electron chi connectivity index (χ2n) is 2.85.